The second-order valence-corrected chi connectivity index (χ2v) is 3.75. The van der Waals surface area contributed by atoms with Crippen LogP contribution in [-0.4, -0.2) is 11.5 Å². The summed E-state index contributed by atoms with van der Waals surface area (Å²) in [6, 6.07) is 10.2. The van der Waals surface area contributed by atoms with Crippen molar-refractivity contribution >= 4 is 8.25 Å². The topological polar surface area (TPSA) is 46.5 Å². The number of hydrogen-bond acceptors (Lipinski definition) is 2. The summed E-state index contributed by atoms with van der Waals surface area (Å²) in [4.78, 5) is 8.36. The van der Waals surface area contributed by atoms with Gasteiger partial charge in [0.15, 0.2) is 0 Å². The monoisotopic (exact) mass is 213 g/mol. The molecule has 0 heterocycles. The normalized spacial score (nSPS) is 11.4. The van der Waals surface area contributed by atoms with E-state index in [2.05, 4.69) is 16.7 Å². The number of hydrogen-bond donors (Lipinski definition) is 1. The molecule has 76 valence electrons. The molecule has 0 spiro atoms. The highest BCUT2D eigenvalue weighted by Gasteiger charge is 2.09. The van der Waals surface area contributed by atoms with E-state index in [1.54, 1.807) is 0 Å². The molecule has 0 saturated heterocycles. The molecule has 1 rings (SSSR count). The first-order valence-corrected chi connectivity index (χ1v) is 5.75. The fourth-order valence-corrected chi connectivity index (χ4v) is 1.50. The van der Waals surface area contributed by atoms with Crippen LogP contribution >= 0.6 is 8.25 Å². The maximum atomic E-state index is 10.2. The zero-order chi connectivity index (χ0) is 10.2. The van der Waals surface area contributed by atoms with E-state index < -0.39 is 8.25 Å². The van der Waals surface area contributed by atoms with Crippen molar-refractivity contribution in [1.29, 1.82) is 0 Å². The second-order valence-electron chi connectivity index (χ2n) is 3.01. The summed E-state index contributed by atoms with van der Waals surface area (Å²) in [5.41, 5.74) is 1.29. The Bertz CT molecular complexity index is 274. The average molecular weight is 213 g/mol. The van der Waals surface area contributed by atoms with E-state index in [4.69, 9.17) is 4.89 Å². The summed E-state index contributed by atoms with van der Waals surface area (Å²) < 4.78 is 14.7. The highest BCUT2D eigenvalue weighted by Crippen LogP contribution is 2.15. The van der Waals surface area contributed by atoms with Gasteiger partial charge in [0, 0.05) is 4.57 Å². The van der Waals surface area contributed by atoms with Gasteiger partial charge in [-0.05, 0) is 24.8 Å². The molecular formula is C10H14O3P+. The molecule has 0 fully saturated rings. The van der Waals surface area contributed by atoms with Crippen LogP contribution in [-0.2, 0) is 15.5 Å². The summed E-state index contributed by atoms with van der Waals surface area (Å²) in [6.07, 6.45) is 2.79. The highest BCUT2D eigenvalue weighted by molar-refractivity contribution is 7.32. The van der Waals surface area contributed by atoms with Gasteiger partial charge in [0.25, 0.3) is 0 Å². The number of benzene rings is 1. The molecule has 1 unspecified atom stereocenters. The zero-order valence-electron chi connectivity index (χ0n) is 7.93. The van der Waals surface area contributed by atoms with Gasteiger partial charge in [-0.25, -0.2) is 0 Å². The van der Waals surface area contributed by atoms with Gasteiger partial charge in [0.05, 0.1) is 0 Å². The molecule has 14 heavy (non-hydrogen) atoms. The molecule has 0 aromatic heterocycles. The maximum Gasteiger partial charge on any atom is 0.694 e. The van der Waals surface area contributed by atoms with Gasteiger partial charge in [0.1, 0.15) is 6.61 Å². The van der Waals surface area contributed by atoms with E-state index in [1.807, 2.05) is 18.2 Å². The van der Waals surface area contributed by atoms with Crippen molar-refractivity contribution in [3.05, 3.63) is 35.9 Å². The van der Waals surface area contributed by atoms with Crippen molar-refractivity contribution in [2.45, 2.75) is 19.3 Å². The van der Waals surface area contributed by atoms with Crippen LogP contribution in [0.2, 0.25) is 0 Å². The van der Waals surface area contributed by atoms with Crippen molar-refractivity contribution in [1.82, 2.24) is 0 Å². The van der Waals surface area contributed by atoms with E-state index in [1.165, 1.54) is 5.56 Å². The molecule has 1 aromatic carbocycles. The highest BCUT2D eigenvalue weighted by atomic mass is 31.1. The first kappa shape index (κ1) is 11.3. The van der Waals surface area contributed by atoms with E-state index in [0.717, 1.165) is 19.3 Å². The van der Waals surface area contributed by atoms with Crippen LogP contribution in [0.25, 0.3) is 0 Å². The van der Waals surface area contributed by atoms with Gasteiger partial charge in [-0.3, -0.25) is 0 Å². The molecule has 0 radical (unpaired) electrons. The molecule has 1 atom stereocenters. The third-order valence-electron chi connectivity index (χ3n) is 1.90. The number of rotatable bonds is 6. The Labute approximate surface area is 84.7 Å². The summed E-state index contributed by atoms with van der Waals surface area (Å²) in [5, 5.41) is 0. The van der Waals surface area contributed by atoms with Crippen molar-refractivity contribution in [3.8, 4) is 0 Å². The first-order valence-electron chi connectivity index (χ1n) is 4.62. The lowest BCUT2D eigenvalue weighted by Gasteiger charge is -1.98. The van der Waals surface area contributed by atoms with Crippen LogP contribution in [0.3, 0.4) is 0 Å². The van der Waals surface area contributed by atoms with Crippen LogP contribution in [0.15, 0.2) is 30.3 Å². The average Bonchev–Trinajstić information content (AvgIpc) is 2.18. The second kappa shape index (κ2) is 6.66. The van der Waals surface area contributed by atoms with Crippen molar-refractivity contribution < 1.29 is 14.0 Å². The van der Waals surface area contributed by atoms with Crippen LogP contribution in [0.1, 0.15) is 18.4 Å². The molecule has 3 nitrogen and oxygen atoms in total. The van der Waals surface area contributed by atoms with Crippen molar-refractivity contribution in [2.24, 2.45) is 0 Å². The van der Waals surface area contributed by atoms with Crippen LogP contribution in [0.4, 0.5) is 0 Å². The Balaban J connectivity index is 2.08. The minimum absolute atomic E-state index is 0.360. The molecule has 1 aromatic rings. The molecule has 1 N–H and O–H groups in total. The Kier molecular flexibility index (Phi) is 5.38. The third-order valence-corrected chi connectivity index (χ3v) is 2.31. The Hall–Kier alpha value is -0.760. The molecule has 0 bridgehead atoms. The third kappa shape index (κ3) is 5.07. The fourth-order valence-electron chi connectivity index (χ4n) is 1.22. The molecule has 0 aliphatic heterocycles. The summed E-state index contributed by atoms with van der Waals surface area (Å²) in [6.45, 7) is 0.360. The Morgan fingerprint density at radius 3 is 2.57 bits per heavy atom. The lowest BCUT2D eigenvalue weighted by molar-refractivity contribution is 0.275. The van der Waals surface area contributed by atoms with Gasteiger partial charge in [0.2, 0.25) is 0 Å². The van der Waals surface area contributed by atoms with Crippen molar-refractivity contribution in [2.75, 3.05) is 6.61 Å². The Morgan fingerprint density at radius 1 is 1.21 bits per heavy atom. The largest absolute Gasteiger partial charge is 0.694 e. The summed E-state index contributed by atoms with van der Waals surface area (Å²) in [5.74, 6) is 0. The van der Waals surface area contributed by atoms with E-state index in [0.29, 0.717) is 6.61 Å². The standard InChI is InChI=1S/C10H13O3P/c11-14(12)13-9-5-4-8-10-6-2-1-3-7-10/h1-3,6-7H,4-5,8-9H2/p+1. The van der Waals surface area contributed by atoms with E-state index >= 15 is 0 Å². The lowest BCUT2D eigenvalue weighted by Crippen LogP contribution is -1.90. The molecule has 0 aliphatic rings. The SMILES string of the molecule is O=[P+](O)OCCCCc1ccccc1. The van der Waals surface area contributed by atoms with Gasteiger partial charge in [-0.2, -0.15) is 0 Å². The van der Waals surface area contributed by atoms with Crippen LogP contribution in [0.5, 0.6) is 0 Å². The number of unbranched alkanes of at least 4 members (excludes halogenated alkanes) is 1. The minimum Gasteiger partial charge on any atom is -0.133 e. The molecule has 4 heteroatoms. The summed E-state index contributed by atoms with van der Waals surface area (Å²) in [7, 11) is -2.42. The van der Waals surface area contributed by atoms with Gasteiger partial charge in [-0.1, -0.05) is 30.3 Å². The molecule has 0 amide bonds. The van der Waals surface area contributed by atoms with E-state index in [9.17, 15) is 4.57 Å². The molecule has 0 aliphatic carbocycles. The van der Waals surface area contributed by atoms with Gasteiger partial charge >= 0.3 is 8.25 Å². The predicted octanol–water partition coefficient (Wildman–Crippen LogP) is 2.68. The molecule has 0 saturated carbocycles. The first-order chi connectivity index (χ1) is 6.79. The zero-order valence-corrected chi connectivity index (χ0v) is 8.82. The Morgan fingerprint density at radius 2 is 1.93 bits per heavy atom. The fraction of sp³-hybridized carbons (Fsp3) is 0.400. The van der Waals surface area contributed by atoms with Crippen LogP contribution in [0, 0.1) is 0 Å². The summed E-state index contributed by atoms with van der Waals surface area (Å²) >= 11 is 0. The van der Waals surface area contributed by atoms with Gasteiger partial charge in [-0.15, -0.1) is 9.42 Å². The van der Waals surface area contributed by atoms with Crippen molar-refractivity contribution in [3.63, 3.8) is 0 Å². The predicted molar refractivity (Wildman–Crippen MR) is 55.2 cm³/mol. The lowest BCUT2D eigenvalue weighted by atomic mass is 10.1. The maximum absolute atomic E-state index is 10.2. The van der Waals surface area contributed by atoms with Crippen LogP contribution < -0.4 is 0 Å². The number of aryl methyl sites for hydroxylation is 1. The quantitative estimate of drug-likeness (QED) is 0.583. The van der Waals surface area contributed by atoms with E-state index in [-0.39, 0.29) is 0 Å². The minimum atomic E-state index is -2.42. The van der Waals surface area contributed by atoms with Gasteiger partial charge < -0.3 is 0 Å². The molecular weight excluding hydrogens is 199 g/mol. The smallest absolute Gasteiger partial charge is 0.133 e.